The molecule has 186 valence electrons. The number of hydrogen-bond acceptors (Lipinski definition) is 6. The highest BCUT2D eigenvalue weighted by Gasteiger charge is 2.21. The third-order valence-corrected chi connectivity index (χ3v) is 7.04. The summed E-state index contributed by atoms with van der Waals surface area (Å²) in [6.07, 6.45) is 2.24. The number of aromatic amines is 1. The van der Waals surface area contributed by atoms with Crippen LogP contribution in [-0.4, -0.2) is 41.1 Å². The molecule has 2 heterocycles. The zero-order valence-corrected chi connectivity index (χ0v) is 21.0. The normalized spacial score (nSPS) is 14.0. The molecule has 1 saturated heterocycles. The average molecular weight is 503 g/mol. The maximum Gasteiger partial charge on any atom is 0.322 e. The molecule has 0 atom stereocenters. The lowest BCUT2D eigenvalue weighted by atomic mass is 9.98. The van der Waals surface area contributed by atoms with Crippen LogP contribution < -0.4 is 15.3 Å². The molecule has 1 amide bonds. The molecule has 36 heavy (non-hydrogen) atoms. The predicted molar refractivity (Wildman–Crippen MR) is 143 cm³/mol. The molecular formula is C28H30N4O3S. The van der Waals surface area contributed by atoms with Gasteiger partial charge in [0.2, 0.25) is 5.91 Å². The van der Waals surface area contributed by atoms with Crippen molar-refractivity contribution in [2.24, 2.45) is 5.73 Å². The van der Waals surface area contributed by atoms with E-state index in [1.807, 2.05) is 18.2 Å². The van der Waals surface area contributed by atoms with Crippen molar-refractivity contribution in [3.8, 4) is 16.9 Å². The van der Waals surface area contributed by atoms with Gasteiger partial charge < -0.3 is 15.4 Å². The van der Waals surface area contributed by atoms with Gasteiger partial charge in [0.05, 0.1) is 0 Å². The Kier molecular flexibility index (Phi) is 8.65. The number of nitrogens with two attached hydrogens (primary N) is 1. The fraction of sp³-hybridized carbons (Fsp3) is 0.250. The SMILES string of the molecule is CN1CCC(c2n[nH]c(=O)s2)CC1.NC(=O)c1ccc(OCc2ccc(-c3ccccc3)cc2)cc1. The first-order chi connectivity index (χ1) is 17.5. The number of primary amides is 1. The Morgan fingerprint density at radius 2 is 1.64 bits per heavy atom. The smallest absolute Gasteiger partial charge is 0.322 e. The van der Waals surface area contributed by atoms with Crippen LogP contribution in [0.3, 0.4) is 0 Å². The maximum absolute atomic E-state index is 11.0. The molecule has 1 aromatic heterocycles. The second kappa shape index (κ2) is 12.3. The molecule has 0 radical (unpaired) electrons. The highest BCUT2D eigenvalue weighted by molar-refractivity contribution is 7.08. The summed E-state index contributed by atoms with van der Waals surface area (Å²) in [4.78, 5) is 24.2. The molecule has 3 aromatic carbocycles. The minimum atomic E-state index is -0.437. The lowest BCUT2D eigenvalue weighted by Crippen LogP contribution is -2.29. The lowest BCUT2D eigenvalue weighted by molar-refractivity contribution is 0.1000. The van der Waals surface area contributed by atoms with Crippen LogP contribution in [0.15, 0.2) is 83.7 Å². The van der Waals surface area contributed by atoms with Crippen LogP contribution in [0.2, 0.25) is 0 Å². The molecule has 1 aliphatic rings. The average Bonchev–Trinajstić information content (AvgIpc) is 3.35. The van der Waals surface area contributed by atoms with Crippen LogP contribution in [0.5, 0.6) is 5.75 Å². The van der Waals surface area contributed by atoms with Gasteiger partial charge in [-0.15, -0.1) is 0 Å². The fourth-order valence-electron chi connectivity index (χ4n) is 3.98. The summed E-state index contributed by atoms with van der Waals surface area (Å²) in [5.74, 6) is 0.773. The van der Waals surface area contributed by atoms with E-state index in [1.54, 1.807) is 24.3 Å². The number of nitrogens with zero attached hydrogens (tertiary/aromatic N) is 2. The molecule has 0 aliphatic carbocycles. The number of aromatic nitrogens is 2. The first kappa shape index (κ1) is 25.3. The van der Waals surface area contributed by atoms with Crippen molar-refractivity contribution in [2.45, 2.75) is 25.4 Å². The number of nitrogens with one attached hydrogen (secondary N) is 1. The molecule has 4 aromatic rings. The van der Waals surface area contributed by atoms with E-state index in [2.05, 4.69) is 58.5 Å². The quantitative estimate of drug-likeness (QED) is 0.399. The summed E-state index contributed by atoms with van der Waals surface area (Å²) >= 11 is 1.25. The fourth-order valence-corrected chi connectivity index (χ4v) is 4.75. The second-order valence-corrected chi connectivity index (χ2v) is 9.76. The Morgan fingerprint density at radius 3 is 2.22 bits per heavy atom. The summed E-state index contributed by atoms with van der Waals surface area (Å²) in [5.41, 5.74) is 9.15. The van der Waals surface area contributed by atoms with Crippen molar-refractivity contribution in [1.29, 1.82) is 0 Å². The minimum absolute atomic E-state index is 0.0334. The highest BCUT2D eigenvalue weighted by atomic mass is 32.1. The van der Waals surface area contributed by atoms with Crippen LogP contribution in [0.1, 0.15) is 39.7 Å². The van der Waals surface area contributed by atoms with Gasteiger partial charge in [-0.25, -0.2) is 5.10 Å². The number of carbonyl (C=O) groups excluding carboxylic acids is 1. The van der Waals surface area contributed by atoms with E-state index in [-0.39, 0.29) is 4.87 Å². The van der Waals surface area contributed by atoms with Gasteiger partial charge in [-0.2, -0.15) is 5.10 Å². The molecule has 0 saturated carbocycles. The number of ether oxygens (including phenoxy) is 1. The standard InChI is InChI=1S/C20H17NO2.C8H13N3OS/c21-20(22)18-10-12-19(13-11-18)23-14-15-6-8-17(9-7-15)16-4-2-1-3-5-16;1-11-4-2-6(3-5-11)7-9-10-8(12)13-7/h1-13H,14H2,(H2,21,22);6H,2-5H2,1H3,(H,10,12). The van der Waals surface area contributed by atoms with E-state index >= 15 is 0 Å². The van der Waals surface area contributed by atoms with Gasteiger partial charge in [-0.3, -0.25) is 9.59 Å². The van der Waals surface area contributed by atoms with Crippen LogP contribution in [0.4, 0.5) is 0 Å². The van der Waals surface area contributed by atoms with Crippen LogP contribution in [0.25, 0.3) is 11.1 Å². The van der Waals surface area contributed by atoms with Crippen molar-refractivity contribution in [3.63, 3.8) is 0 Å². The van der Waals surface area contributed by atoms with E-state index in [0.29, 0.717) is 23.8 Å². The zero-order chi connectivity index (χ0) is 25.3. The Balaban J connectivity index is 0.000000197. The molecule has 0 spiro atoms. The molecule has 5 rings (SSSR count). The van der Waals surface area contributed by atoms with E-state index in [4.69, 9.17) is 10.5 Å². The largest absolute Gasteiger partial charge is 0.489 e. The molecule has 1 aliphatic heterocycles. The van der Waals surface area contributed by atoms with Crippen molar-refractivity contribution >= 4 is 17.2 Å². The lowest BCUT2D eigenvalue weighted by Gasteiger charge is -2.27. The number of benzene rings is 3. The van der Waals surface area contributed by atoms with Gasteiger partial charge in [0.1, 0.15) is 17.4 Å². The van der Waals surface area contributed by atoms with Gasteiger partial charge >= 0.3 is 4.87 Å². The topological polar surface area (TPSA) is 101 Å². The summed E-state index contributed by atoms with van der Waals surface area (Å²) in [5, 5.41) is 7.49. The van der Waals surface area contributed by atoms with E-state index in [1.165, 1.54) is 22.5 Å². The molecule has 1 fully saturated rings. The van der Waals surface area contributed by atoms with Crippen LogP contribution >= 0.6 is 11.3 Å². The predicted octanol–water partition coefficient (Wildman–Crippen LogP) is 4.67. The monoisotopic (exact) mass is 502 g/mol. The molecule has 3 N–H and O–H groups in total. The van der Waals surface area contributed by atoms with Gasteiger partial charge in [0.15, 0.2) is 0 Å². The van der Waals surface area contributed by atoms with Gasteiger partial charge in [0.25, 0.3) is 0 Å². The number of rotatable bonds is 6. The van der Waals surface area contributed by atoms with Crippen molar-refractivity contribution in [2.75, 3.05) is 20.1 Å². The third kappa shape index (κ3) is 7.13. The van der Waals surface area contributed by atoms with Crippen molar-refractivity contribution < 1.29 is 9.53 Å². The van der Waals surface area contributed by atoms with Gasteiger partial charge in [0, 0.05) is 11.5 Å². The number of amides is 1. The summed E-state index contributed by atoms with van der Waals surface area (Å²) < 4.78 is 5.72. The summed E-state index contributed by atoms with van der Waals surface area (Å²) in [6.45, 7) is 2.70. The Bertz CT molecular complexity index is 1290. The number of carbonyl (C=O) groups is 1. The van der Waals surface area contributed by atoms with Gasteiger partial charge in [-0.05, 0) is 73.9 Å². The highest BCUT2D eigenvalue weighted by Crippen LogP contribution is 2.26. The van der Waals surface area contributed by atoms with E-state index < -0.39 is 5.91 Å². The zero-order valence-electron chi connectivity index (χ0n) is 20.2. The molecule has 0 bridgehead atoms. The van der Waals surface area contributed by atoms with Crippen molar-refractivity contribution in [3.05, 3.63) is 105 Å². The summed E-state index contributed by atoms with van der Waals surface area (Å²) in [6, 6.07) is 25.4. The van der Waals surface area contributed by atoms with E-state index in [9.17, 15) is 9.59 Å². The second-order valence-electron chi connectivity index (χ2n) is 8.77. The number of hydrogen-bond donors (Lipinski definition) is 2. The molecular weight excluding hydrogens is 472 g/mol. The molecule has 8 heteroatoms. The Labute approximate surface area is 214 Å². The molecule has 7 nitrogen and oxygen atoms in total. The van der Waals surface area contributed by atoms with Gasteiger partial charge in [-0.1, -0.05) is 65.9 Å². The first-order valence-corrected chi connectivity index (χ1v) is 12.7. The minimum Gasteiger partial charge on any atom is -0.489 e. The van der Waals surface area contributed by atoms with Crippen LogP contribution in [-0.2, 0) is 6.61 Å². The summed E-state index contributed by atoms with van der Waals surface area (Å²) in [7, 11) is 2.13. The van der Waals surface area contributed by atoms with E-state index in [0.717, 1.165) is 36.5 Å². The Hall–Kier alpha value is -3.75. The molecule has 0 unspecified atom stereocenters. The maximum atomic E-state index is 11.0. The van der Waals surface area contributed by atoms with Crippen LogP contribution in [0, 0.1) is 0 Å². The number of H-pyrrole nitrogens is 1. The van der Waals surface area contributed by atoms with Crippen molar-refractivity contribution in [1.82, 2.24) is 15.1 Å². The number of likely N-dealkylation sites (tertiary alicyclic amines) is 1. The Morgan fingerprint density at radius 1 is 1.00 bits per heavy atom. The first-order valence-electron chi connectivity index (χ1n) is 11.9. The number of piperidine rings is 1. The third-order valence-electron chi connectivity index (χ3n) is 6.13.